The molecule has 0 aliphatic carbocycles. The molecule has 0 aliphatic rings. The number of nitrogens with two attached hydrogens (primary N) is 1. The molecular weight excluding hydrogens is 152 g/mol. The molecule has 0 radical (unpaired) electrons. The number of hydrogen-bond donors (Lipinski definition) is 2. The van der Waals surface area contributed by atoms with Gasteiger partial charge in [-0.3, -0.25) is 4.79 Å². The first kappa shape index (κ1) is 8.59. The molecule has 0 bridgehead atoms. The fourth-order valence-electron chi connectivity index (χ4n) is 1.03. The Morgan fingerprint density at radius 1 is 1.33 bits per heavy atom. The monoisotopic (exact) mass is 164 g/mol. The third kappa shape index (κ3) is 1.56. The van der Waals surface area contributed by atoms with Gasteiger partial charge in [0.15, 0.2) is 0 Å². The van der Waals surface area contributed by atoms with Crippen LogP contribution in [-0.4, -0.2) is 6.41 Å². The van der Waals surface area contributed by atoms with Crippen molar-refractivity contribution < 1.29 is 4.79 Å². The molecule has 3 nitrogen and oxygen atoms in total. The molecule has 0 saturated carbocycles. The third-order valence-corrected chi connectivity index (χ3v) is 1.88. The van der Waals surface area contributed by atoms with Crippen LogP contribution in [0.25, 0.3) is 0 Å². The Kier molecular flexibility index (Phi) is 2.33. The van der Waals surface area contributed by atoms with Gasteiger partial charge in [-0.1, -0.05) is 0 Å². The Balaban J connectivity index is 3.13. The molecule has 0 heterocycles. The lowest BCUT2D eigenvalue weighted by Gasteiger charge is -2.07. The second-order valence-corrected chi connectivity index (χ2v) is 2.79. The second kappa shape index (κ2) is 3.26. The molecule has 0 fully saturated rings. The van der Waals surface area contributed by atoms with Gasteiger partial charge in [0, 0.05) is 0 Å². The summed E-state index contributed by atoms with van der Waals surface area (Å²) in [6.45, 7) is 3.96. The zero-order valence-corrected chi connectivity index (χ0v) is 7.22. The minimum absolute atomic E-state index is 0.602. The number of carbonyl (C=O) groups is 1. The number of rotatable bonds is 2. The number of nitrogen functional groups attached to an aromatic ring is 1. The highest BCUT2D eigenvalue weighted by Crippen LogP contribution is 2.21. The van der Waals surface area contributed by atoms with E-state index in [2.05, 4.69) is 5.32 Å². The Bertz CT molecular complexity index is 308. The summed E-state index contributed by atoms with van der Waals surface area (Å²) in [5, 5.41) is 2.54. The number of carbonyl (C=O) groups excluding carboxylic acids is 1. The normalized spacial score (nSPS) is 9.50. The number of nitrogens with one attached hydrogen (secondary N) is 1. The van der Waals surface area contributed by atoms with Crippen LogP contribution in [0.2, 0.25) is 0 Å². The van der Waals surface area contributed by atoms with Gasteiger partial charge in [0.25, 0.3) is 0 Å². The van der Waals surface area contributed by atoms with Gasteiger partial charge in [-0.15, -0.1) is 0 Å². The predicted molar refractivity (Wildman–Crippen MR) is 50.0 cm³/mol. The highest BCUT2D eigenvalue weighted by molar-refractivity contribution is 5.80. The highest BCUT2D eigenvalue weighted by Gasteiger charge is 2.00. The van der Waals surface area contributed by atoms with E-state index in [-0.39, 0.29) is 0 Å². The van der Waals surface area contributed by atoms with Crippen LogP contribution in [0.4, 0.5) is 11.4 Å². The minimum Gasteiger partial charge on any atom is -0.397 e. The molecule has 0 aliphatic heterocycles. The van der Waals surface area contributed by atoms with E-state index in [1.54, 1.807) is 0 Å². The summed E-state index contributed by atoms with van der Waals surface area (Å²) in [4.78, 5) is 10.2. The maximum Gasteiger partial charge on any atom is 0.211 e. The fraction of sp³-hybridized carbons (Fsp3) is 0.222. The van der Waals surface area contributed by atoms with Gasteiger partial charge >= 0.3 is 0 Å². The van der Waals surface area contributed by atoms with Crippen LogP contribution in [-0.2, 0) is 4.79 Å². The van der Waals surface area contributed by atoms with Crippen LogP contribution >= 0.6 is 0 Å². The van der Waals surface area contributed by atoms with Crippen molar-refractivity contribution in [2.24, 2.45) is 0 Å². The zero-order valence-electron chi connectivity index (χ0n) is 7.22. The fourth-order valence-corrected chi connectivity index (χ4v) is 1.03. The summed E-state index contributed by atoms with van der Waals surface area (Å²) < 4.78 is 0. The number of aryl methyl sites for hydroxylation is 2. The van der Waals surface area contributed by atoms with Crippen molar-refractivity contribution in [2.45, 2.75) is 13.8 Å². The van der Waals surface area contributed by atoms with Gasteiger partial charge < -0.3 is 11.1 Å². The number of hydrogen-bond acceptors (Lipinski definition) is 2. The Morgan fingerprint density at radius 3 is 2.50 bits per heavy atom. The summed E-state index contributed by atoms with van der Waals surface area (Å²) in [6, 6.07) is 3.71. The molecule has 0 unspecified atom stereocenters. The Labute approximate surface area is 71.6 Å². The average Bonchev–Trinajstić information content (AvgIpc) is 2.01. The first-order valence-electron chi connectivity index (χ1n) is 3.72. The van der Waals surface area contributed by atoms with E-state index in [1.807, 2.05) is 26.0 Å². The maximum absolute atomic E-state index is 10.2. The molecule has 1 aromatic carbocycles. The van der Waals surface area contributed by atoms with Gasteiger partial charge in [0.2, 0.25) is 6.41 Å². The number of amides is 1. The van der Waals surface area contributed by atoms with Crippen molar-refractivity contribution in [3.8, 4) is 0 Å². The highest BCUT2D eigenvalue weighted by atomic mass is 16.1. The van der Waals surface area contributed by atoms with Crippen molar-refractivity contribution in [1.29, 1.82) is 0 Å². The predicted octanol–water partition coefficient (Wildman–Crippen LogP) is 1.45. The summed E-state index contributed by atoms with van der Waals surface area (Å²) >= 11 is 0. The topological polar surface area (TPSA) is 55.1 Å². The van der Waals surface area contributed by atoms with Crippen LogP contribution < -0.4 is 11.1 Å². The van der Waals surface area contributed by atoms with Gasteiger partial charge in [-0.2, -0.15) is 0 Å². The zero-order chi connectivity index (χ0) is 9.14. The van der Waals surface area contributed by atoms with Crippen LogP contribution in [0.1, 0.15) is 11.1 Å². The van der Waals surface area contributed by atoms with Crippen molar-refractivity contribution >= 4 is 17.8 Å². The van der Waals surface area contributed by atoms with Crippen LogP contribution in [0.5, 0.6) is 0 Å². The SMILES string of the molecule is Cc1cc(N)c(NC=O)cc1C. The second-order valence-electron chi connectivity index (χ2n) is 2.79. The van der Waals surface area contributed by atoms with Crippen molar-refractivity contribution in [3.05, 3.63) is 23.3 Å². The smallest absolute Gasteiger partial charge is 0.211 e. The lowest BCUT2D eigenvalue weighted by Crippen LogP contribution is -2.00. The maximum atomic E-state index is 10.2. The molecular formula is C9H12N2O. The summed E-state index contributed by atoms with van der Waals surface area (Å²) in [5.41, 5.74) is 9.18. The summed E-state index contributed by atoms with van der Waals surface area (Å²) in [5.74, 6) is 0. The lowest BCUT2D eigenvalue weighted by atomic mass is 10.1. The quantitative estimate of drug-likeness (QED) is 0.513. The van der Waals surface area contributed by atoms with Crippen LogP contribution in [0.3, 0.4) is 0 Å². The first-order chi connectivity index (χ1) is 5.65. The van der Waals surface area contributed by atoms with E-state index in [0.29, 0.717) is 17.8 Å². The van der Waals surface area contributed by atoms with E-state index in [0.717, 1.165) is 11.1 Å². The molecule has 1 rings (SSSR count). The summed E-state index contributed by atoms with van der Waals surface area (Å²) in [6.07, 6.45) is 0.625. The van der Waals surface area contributed by atoms with E-state index >= 15 is 0 Å². The van der Waals surface area contributed by atoms with Gasteiger partial charge in [0.1, 0.15) is 0 Å². The largest absolute Gasteiger partial charge is 0.397 e. The van der Waals surface area contributed by atoms with Crippen LogP contribution in [0.15, 0.2) is 12.1 Å². The van der Waals surface area contributed by atoms with Gasteiger partial charge in [0.05, 0.1) is 11.4 Å². The molecule has 0 saturated heterocycles. The molecule has 12 heavy (non-hydrogen) atoms. The minimum atomic E-state index is 0.602. The summed E-state index contributed by atoms with van der Waals surface area (Å²) in [7, 11) is 0. The molecule has 3 N–H and O–H groups in total. The lowest BCUT2D eigenvalue weighted by molar-refractivity contribution is -0.105. The molecule has 1 aromatic rings. The van der Waals surface area contributed by atoms with Crippen molar-refractivity contribution in [1.82, 2.24) is 0 Å². The van der Waals surface area contributed by atoms with E-state index in [1.165, 1.54) is 0 Å². The van der Waals surface area contributed by atoms with Crippen molar-refractivity contribution in [2.75, 3.05) is 11.1 Å². The molecule has 64 valence electrons. The molecule has 0 atom stereocenters. The van der Waals surface area contributed by atoms with E-state index < -0.39 is 0 Å². The molecule has 0 aromatic heterocycles. The van der Waals surface area contributed by atoms with Gasteiger partial charge in [-0.05, 0) is 37.1 Å². The Hall–Kier alpha value is -1.51. The standard InChI is InChI=1S/C9H12N2O/c1-6-3-8(10)9(11-5-12)4-7(6)2/h3-5H,10H2,1-2H3,(H,11,12). The van der Waals surface area contributed by atoms with E-state index in [9.17, 15) is 4.79 Å². The molecule has 3 heteroatoms. The van der Waals surface area contributed by atoms with Gasteiger partial charge in [-0.25, -0.2) is 0 Å². The molecule has 0 spiro atoms. The average molecular weight is 164 g/mol. The number of anilines is 2. The van der Waals surface area contributed by atoms with Crippen molar-refractivity contribution in [3.63, 3.8) is 0 Å². The molecule has 1 amide bonds. The first-order valence-corrected chi connectivity index (χ1v) is 3.72. The third-order valence-electron chi connectivity index (χ3n) is 1.88. The van der Waals surface area contributed by atoms with E-state index in [4.69, 9.17) is 5.73 Å². The number of benzene rings is 1. The van der Waals surface area contributed by atoms with Crippen LogP contribution in [0, 0.1) is 13.8 Å². The Morgan fingerprint density at radius 2 is 1.92 bits per heavy atom.